The van der Waals surface area contributed by atoms with Gasteiger partial charge in [-0.15, -0.1) is 0 Å². The monoisotopic (exact) mass is 241 g/mol. The van der Waals surface area contributed by atoms with Crippen LogP contribution in [0.2, 0.25) is 10.0 Å². The zero-order valence-electron chi connectivity index (χ0n) is 7.82. The summed E-state index contributed by atoms with van der Waals surface area (Å²) in [5.74, 6) is 0. The summed E-state index contributed by atoms with van der Waals surface area (Å²) in [5.41, 5.74) is 7.44. The van der Waals surface area contributed by atoms with Crippen molar-refractivity contribution in [3.8, 4) is 0 Å². The molecule has 0 spiro atoms. The van der Waals surface area contributed by atoms with Crippen LogP contribution in [0.25, 0.3) is 0 Å². The molecule has 1 aromatic heterocycles. The van der Waals surface area contributed by atoms with Gasteiger partial charge in [-0.25, -0.2) is 0 Å². The summed E-state index contributed by atoms with van der Waals surface area (Å²) in [4.78, 5) is 0. The third kappa shape index (κ3) is 2.43. The summed E-state index contributed by atoms with van der Waals surface area (Å²) >= 11 is 11.6. The van der Waals surface area contributed by atoms with Gasteiger partial charge in [0.25, 0.3) is 0 Å². The summed E-state index contributed by atoms with van der Waals surface area (Å²) in [6, 6.07) is 5.37. The molecule has 0 saturated heterocycles. The summed E-state index contributed by atoms with van der Waals surface area (Å²) in [7, 11) is 0. The van der Waals surface area contributed by atoms with Crippen LogP contribution in [-0.4, -0.2) is 9.78 Å². The highest BCUT2D eigenvalue weighted by atomic mass is 35.5. The molecule has 2 aromatic rings. The number of nitrogen functional groups attached to an aromatic ring is 1. The van der Waals surface area contributed by atoms with Crippen LogP contribution >= 0.6 is 23.2 Å². The van der Waals surface area contributed by atoms with E-state index in [1.807, 2.05) is 6.07 Å². The number of rotatable bonds is 2. The second-order valence-corrected chi connectivity index (χ2v) is 4.07. The van der Waals surface area contributed by atoms with E-state index in [0.29, 0.717) is 22.3 Å². The molecule has 1 heterocycles. The van der Waals surface area contributed by atoms with Crippen molar-refractivity contribution in [2.75, 3.05) is 5.73 Å². The maximum Gasteiger partial charge on any atom is 0.0785 e. The number of hydrogen-bond acceptors (Lipinski definition) is 2. The fraction of sp³-hybridized carbons (Fsp3) is 0.100. The van der Waals surface area contributed by atoms with Gasteiger partial charge in [0.1, 0.15) is 0 Å². The number of anilines is 1. The maximum absolute atomic E-state index is 5.88. The zero-order valence-corrected chi connectivity index (χ0v) is 9.33. The van der Waals surface area contributed by atoms with Crippen molar-refractivity contribution in [3.63, 3.8) is 0 Å². The Kier molecular flexibility index (Phi) is 2.84. The number of benzene rings is 1. The average molecular weight is 242 g/mol. The Bertz CT molecular complexity index is 479. The zero-order chi connectivity index (χ0) is 10.8. The lowest BCUT2D eigenvalue weighted by Gasteiger charge is -2.05. The molecule has 0 atom stereocenters. The molecule has 0 bridgehead atoms. The fourth-order valence-corrected chi connectivity index (χ4v) is 1.66. The molecule has 15 heavy (non-hydrogen) atoms. The SMILES string of the molecule is Nc1ccc(Cl)cc1Cn1cc(Cl)cn1. The van der Waals surface area contributed by atoms with Crippen molar-refractivity contribution < 1.29 is 0 Å². The van der Waals surface area contributed by atoms with Gasteiger partial charge in [-0.3, -0.25) is 4.68 Å². The van der Waals surface area contributed by atoms with Crippen LogP contribution < -0.4 is 5.73 Å². The molecule has 0 radical (unpaired) electrons. The molecule has 0 unspecified atom stereocenters. The Hall–Kier alpha value is -1.19. The first-order chi connectivity index (χ1) is 7.15. The van der Waals surface area contributed by atoms with E-state index in [-0.39, 0.29) is 0 Å². The van der Waals surface area contributed by atoms with Crippen LogP contribution in [0.5, 0.6) is 0 Å². The largest absolute Gasteiger partial charge is 0.398 e. The summed E-state index contributed by atoms with van der Waals surface area (Å²) in [6.07, 6.45) is 3.32. The summed E-state index contributed by atoms with van der Waals surface area (Å²) in [5, 5.41) is 5.34. The molecule has 0 aliphatic carbocycles. The highest BCUT2D eigenvalue weighted by molar-refractivity contribution is 6.30. The van der Waals surface area contributed by atoms with E-state index in [1.54, 1.807) is 29.2 Å². The van der Waals surface area contributed by atoms with Crippen molar-refractivity contribution >= 4 is 28.9 Å². The van der Waals surface area contributed by atoms with Gasteiger partial charge in [0.05, 0.1) is 17.8 Å². The van der Waals surface area contributed by atoms with E-state index in [4.69, 9.17) is 28.9 Å². The van der Waals surface area contributed by atoms with Crippen molar-refractivity contribution in [2.24, 2.45) is 0 Å². The van der Waals surface area contributed by atoms with Gasteiger partial charge in [-0.05, 0) is 23.8 Å². The van der Waals surface area contributed by atoms with E-state index < -0.39 is 0 Å². The topological polar surface area (TPSA) is 43.8 Å². The molecular weight excluding hydrogens is 233 g/mol. The van der Waals surface area contributed by atoms with Crippen molar-refractivity contribution in [2.45, 2.75) is 6.54 Å². The van der Waals surface area contributed by atoms with Gasteiger partial charge in [0.15, 0.2) is 0 Å². The third-order valence-electron chi connectivity index (χ3n) is 2.04. The van der Waals surface area contributed by atoms with Crippen molar-refractivity contribution in [1.29, 1.82) is 0 Å². The lowest BCUT2D eigenvalue weighted by atomic mass is 10.2. The van der Waals surface area contributed by atoms with E-state index >= 15 is 0 Å². The van der Waals surface area contributed by atoms with Gasteiger partial charge in [-0.1, -0.05) is 23.2 Å². The number of nitrogens with two attached hydrogens (primary N) is 1. The number of aromatic nitrogens is 2. The van der Waals surface area contributed by atoms with Crippen LogP contribution in [0.15, 0.2) is 30.6 Å². The van der Waals surface area contributed by atoms with Crippen LogP contribution in [0, 0.1) is 0 Å². The van der Waals surface area contributed by atoms with E-state index in [9.17, 15) is 0 Å². The minimum Gasteiger partial charge on any atom is -0.398 e. The fourth-order valence-electron chi connectivity index (χ4n) is 1.31. The first kappa shape index (κ1) is 10.3. The predicted molar refractivity (Wildman–Crippen MR) is 62.2 cm³/mol. The Balaban J connectivity index is 2.27. The first-order valence-corrected chi connectivity index (χ1v) is 5.12. The van der Waals surface area contributed by atoms with Crippen molar-refractivity contribution in [1.82, 2.24) is 9.78 Å². The summed E-state index contributed by atoms with van der Waals surface area (Å²) < 4.78 is 1.71. The molecule has 0 fully saturated rings. The molecule has 78 valence electrons. The van der Waals surface area contributed by atoms with Gasteiger partial charge in [-0.2, -0.15) is 5.10 Å². The molecule has 2 rings (SSSR count). The number of halogens is 2. The van der Waals surface area contributed by atoms with Gasteiger partial charge in [0, 0.05) is 16.9 Å². The average Bonchev–Trinajstić information content (AvgIpc) is 2.58. The highest BCUT2D eigenvalue weighted by Gasteiger charge is 2.02. The minimum absolute atomic E-state index is 0.569. The minimum atomic E-state index is 0.569. The second-order valence-electron chi connectivity index (χ2n) is 3.20. The Morgan fingerprint density at radius 3 is 2.73 bits per heavy atom. The normalized spacial score (nSPS) is 10.5. The molecule has 3 nitrogen and oxygen atoms in total. The predicted octanol–water partition coefficient (Wildman–Crippen LogP) is 2.82. The molecule has 5 heteroatoms. The van der Waals surface area contributed by atoms with Crippen molar-refractivity contribution in [3.05, 3.63) is 46.2 Å². The standard InChI is InChI=1S/C10H9Cl2N3/c11-8-1-2-10(13)7(3-8)5-15-6-9(12)4-14-15/h1-4,6H,5,13H2. The molecule has 0 aliphatic heterocycles. The number of hydrogen-bond donors (Lipinski definition) is 1. The van der Waals surface area contributed by atoms with Crippen LogP contribution in [0.3, 0.4) is 0 Å². The smallest absolute Gasteiger partial charge is 0.0785 e. The third-order valence-corrected chi connectivity index (χ3v) is 2.47. The first-order valence-electron chi connectivity index (χ1n) is 4.37. The lowest BCUT2D eigenvalue weighted by molar-refractivity contribution is 0.688. The Labute approximate surface area is 97.4 Å². The molecule has 2 N–H and O–H groups in total. The maximum atomic E-state index is 5.88. The highest BCUT2D eigenvalue weighted by Crippen LogP contribution is 2.19. The van der Waals surface area contributed by atoms with E-state index in [1.165, 1.54) is 0 Å². The molecular formula is C10H9Cl2N3. The van der Waals surface area contributed by atoms with Gasteiger partial charge >= 0.3 is 0 Å². The van der Waals surface area contributed by atoms with E-state index in [2.05, 4.69) is 5.10 Å². The lowest BCUT2D eigenvalue weighted by Crippen LogP contribution is -2.03. The molecule has 0 saturated carbocycles. The molecule has 0 amide bonds. The molecule has 1 aromatic carbocycles. The van der Waals surface area contributed by atoms with E-state index in [0.717, 1.165) is 5.56 Å². The van der Waals surface area contributed by atoms with Crippen LogP contribution in [0.4, 0.5) is 5.69 Å². The quantitative estimate of drug-likeness (QED) is 0.823. The van der Waals surface area contributed by atoms with Crippen LogP contribution in [0.1, 0.15) is 5.56 Å². The second kappa shape index (κ2) is 4.13. The number of nitrogens with zero attached hydrogens (tertiary/aromatic N) is 2. The summed E-state index contributed by atoms with van der Waals surface area (Å²) in [6.45, 7) is 0.569. The Morgan fingerprint density at radius 1 is 1.27 bits per heavy atom. The van der Waals surface area contributed by atoms with Gasteiger partial charge in [0.2, 0.25) is 0 Å². The van der Waals surface area contributed by atoms with Gasteiger partial charge < -0.3 is 5.73 Å². The molecule has 0 aliphatic rings. The Morgan fingerprint density at radius 2 is 2.07 bits per heavy atom. The van der Waals surface area contributed by atoms with Crippen LogP contribution in [-0.2, 0) is 6.54 Å².